The SMILES string of the molecule is O=C(O)N1CCc2c(ccc(F)c2Br)C1c1cc(Cl)ccc1O. The van der Waals surface area contributed by atoms with Gasteiger partial charge in [0.05, 0.1) is 10.5 Å². The molecular formula is C16H12BrClFNO3. The Labute approximate surface area is 145 Å². The standard InChI is InChI=1S/C16H12BrClFNO3/c17-14-9-5-6-20(16(22)23)15(10(9)2-3-12(14)19)11-7-8(18)1-4-13(11)21/h1-4,7,15,21H,5-6H2,(H,22,23). The summed E-state index contributed by atoms with van der Waals surface area (Å²) in [7, 11) is 0. The first-order valence-electron chi connectivity index (χ1n) is 6.85. The second-order valence-electron chi connectivity index (χ2n) is 5.26. The number of halogens is 3. The molecule has 4 nitrogen and oxygen atoms in total. The lowest BCUT2D eigenvalue weighted by Crippen LogP contribution is -2.40. The Balaban J connectivity index is 2.24. The van der Waals surface area contributed by atoms with Crippen LogP contribution in [0.5, 0.6) is 5.75 Å². The third-order valence-electron chi connectivity index (χ3n) is 3.97. The van der Waals surface area contributed by atoms with E-state index >= 15 is 0 Å². The van der Waals surface area contributed by atoms with Gasteiger partial charge in [0, 0.05) is 17.1 Å². The highest BCUT2D eigenvalue weighted by Crippen LogP contribution is 2.42. The summed E-state index contributed by atoms with van der Waals surface area (Å²) in [4.78, 5) is 12.8. The number of aromatic hydroxyl groups is 1. The van der Waals surface area contributed by atoms with Crippen molar-refractivity contribution < 1.29 is 19.4 Å². The maximum Gasteiger partial charge on any atom is 0.408 e. The second-order valence-corrected chi connectivity index (χ2v) is 6.49. The lowest BCUT2D eigenvalue weighted by atomic mass is 9.88. The number of phenolic OH excluding ortho intramolecular Hbond substituents is 1. The fraction of sp³-hybridized carbons (Fsp3) is 0.188. The minimum atomic E-state index is -1.11. The normalized spacial score (nSPS) is 17.0. The fourth-order valence-electron chi connectivity index (χ4n) is 2.93. The zero-order chi connectivity index (χ0) is 16.7. The summed E-state index contributed by atoms with van der Waals surface area (Å²) in [6.07, 6.45) is -0.724. The topological polar surface area (TPSA) is 60.8 Å². The Kier molecular flexibility index (Phi) is 4.21. The molecule has 2 N–H and O–H groups in total. The van der Waals surface area contributed by atoms with Gasteiger partial charge in [-0.05, 0) is 57.7 Å². The van der Waals surface area contributed by atoms with Crippen LogP contribution in [0.15, 0.2) is 34.8 Å². The average Bonchev–Trinajstić information content (AvgIpc) is 2.52. The van der Waals surface area contributed by atoms with Crippen LogP contribution in [0.3, 0.4) is 0 Å². The molecule has 2 aromatic rings. The molecule has 23 heavy (non-hydrogen) atoms. The van der Waals surface area contributed by atoms with Crippen molar-refractivity contribution in [1.29, 1.82) is 0 Å². The highest BCUT2D eigenvalue weighted by atomic mass is 79.9. The number of hydrogen-bond donors (Lipinski definition) is 2. The Hall–Kier alpha value is -1.79. The highest BCUT2D eigenvalue weighted by Gasteiger charge is 2.35. The van der Waals surface area contributed by atoms with Crippen LogP contribution in [0, 0.1) is 5.82 Å². The van der Waals surface area contributed by atoms with Gasteiger partial charge in [0.25, 0.3) is 0 Å². The molecule has 0 bridgehead atoms. The van der Waals surface area contributed by atoms with E-state index in [1.165, 1.54) is 29.2 Å². The van der Waals surface area contributed by atoms with E-state index in [1.54, 1.807) is 6.07 Å². The van der Waals surface area contributed by atoms with E-state index in [0.717, 1.165) is 0 Å². The maximum atomic E-state index is 13.8. The Bertz CT molecular complexity index is 799. The number of hydrogen-bond acceptors (Lipinski definition) is 2. The van der Waals surface area contributed by atoms with Gasteiger partial charge < -0.3 is 10.2 Å². The molecule has 1 atom stereocenters. The van der Waals surface area contributed by atoms with Crippen molar-refractivity contribution in [2.24, 2.45) is 0 Å². The van der Waals surface area contributed by atoms with E-state index in [4.69, 9.17) is 11.6 Å². The predicted molar refractivity (Wildman–Crippen MR) is 87.5 cm³/mol. The first kappa shape index (κ1) is 16.1. The van der Waals surface area contributed by atoms with Crippen LogP contribution < -0.4 is 0 Å². The summed E-state index contributed by atoms with van der Waals surface area (Å²) in [6.45, 7) is 0.195. The molecule has 0 radical (unpaired) electrons. The second kappa shape index (κ2) is 6.02. The van der Waals surface area contributed by atoms with Crippen molar-refractivity contribution in [1.82, 2.24) is 4.90 Å². The van der Waals surface area contributed by atoms with Crippen LogP contribution in [0.1, 0.15) is 22.7 Å². The number of carboxylic acid groups (broad SMARTS) is 1. The number of benzene rings is 2. The molecule has 0 saturated carbocycles. The minimum absolute atomic E-state index is 0.0565. The monoisotopic (exact) mass is 399 g/mol. The van der Waals surface area contributed by atoms with Gasteiger partial charge in [-0.3, -0.25) is 4.90 Å². The summed E-state index contributed by atoms with van der Waals surface area (Å²) >= 11 is 9.23. The average molecular weight is 401 g/mol. The molecule has 1 heterocycles. The fourth-order valence-corrected chi connectivity index (χ4v) is 3.67. The van der Waals surface area contributed by atoms with E-state index in [2.05, 4.69) is 15.9 Å². The third-order valence-corrected chi connectivity index (χ3v) is 5.06. The molecule has 1 aliphatic rings. The van der Waals surface area contributed by atoms with Crippen molar-refractivity contribution in [3.8, 4) is 5.75 Å². The molecule has 1 aliphatic heterocycles. The molecule has 120 valence electrons. The zero-order valence-electron chi connectivity index (χ0n) is 11.8. The molecule has 0 aliphatic carbocycles. The summed E-state index contributed by atoms with van der Waals surface area (Å²) in [6, 6.07) is 6.56. The van der Waals surface area contributed by atoms with Gasteiger partial charge in [-0.1, -0.05) is 17.7 Å². The molecule has 1 unspecified atom stereocenters. The summed E-state index contributed by atoms with van der Waals surface area (Å²) < 4.78 is 14.1. The van der Waals surface area contributed by atoms with E-state index in [-0.39, 0.29) is 12.3 Å². The first-order chi connectivity index (χ1) is 10.9. The number of nitrogens with zero attached hydrogens (tertiary/aromatic N) is 1. The Morgan fingerprint density at radius 3 is 2.74 bits per heavy atom. The van der Waals surface area contributed by atoms with Crippen LogP contribution in [0.4, 0.5) is 9.18 Å². The molecule has 0 fully saturated rings. The predicted octanol–water partition coefficient (Wildman–Crippen LogP) is 4.57. The molecular weight excluding hydrogens is 389 g/mol. The van der Waals surface area contributed by atoms with Crippen LogP contribution in [-0.4, -0.2) is 27.8 Å². The van der Waals surface area contributed by atoms with Crippen LogP contribution in [-0.2, 0) is 6.42 Å². The smallest absolute Gasteiger partial charge is 0.408 e. The largest absolute Gasteiger partial charge is 0.508 e. The lowest BCUT2D eigenvalue weighted by molar-refractivity contribution is 0.128. The minimum Gasteiger partial charge on any atom is -0.508 e. The molecule has 0 saturated heterocycles. The first-order valence-corrected chi connectivity index (χ1v) is 8.02. The lowest BCUT2D eigenvalue weighted by Gasteiger charge is -2.36. The van der Waals surface area contributed by atoms with E-state index in [9.17, 15) is 19.4 Å². The number of carbonyl (C=O) groups is 1. The summed E-state index contributed by atoms with van der Waals surface area (Å²) in [5.74, 6) is -0.458. The summed E-state index contributed by atoms with van der Waals surface area (Å²) in [5.41, 5.74) is 1.70. The molecule has 1 amide bonds. The van der Waals surface area contributed by atoms with Crippen LogP contribution >= 0.6 is 27.5 Å². The molecule has 0 spiro atoms. The van der Waals surface area contributed by atoms with E-state index < -0.39 is 18.0 Å². The van der Waals surface area contributed by atoms with Crippen molar-refractivity contribution in [3.05, 3.63) is 62.3 Å². The Morgan fingerprint density at radius 2 is 2.04 bits per heavy atom. The van der Waals surface area contributed by atoms with Gasteiger partial charge in [-0.2, -0.15) is 0 Å². The number of rotatable bonds is 1. The molecule has 2 aromatic carbocycles. The number of phenols is 1. The Morgan fingerprint density at radius 1 is 1.30 bits per heavy atom. The van der Waals surface area contributed by atoms with Crippen LogP contribution in [0.2, 0.25) is 5.02 Å². The van der Waals surface area contributed by atoms with E-state index in [0.29, 0.717) is 32.6 Å². The highest BCUT2D eigenvalue weighted by molar-refractivity contribution is 9.10. The zero-order valence-corrected chi connectivity index (χ0v) is 14.1. The van der Waals surface area contributed by atoms with Gasteiger partial charge in [-0.25, -0.2) is 9.18 Å². The van der Waals surface area contributed by atoms with Gasteiger partial charge in [0.15, 0.2) is 0 Å². The van der Waals surface area contributed by atoms with Crippen molar-refractivity contribution >= 4 is 33.6 Å². The van der Waals surface area contributed by atoms with Gasteiger partial charge in [0.2, 0.25) is 0 Å². The third kappa shape index (κ3) is 2.77. The number of amides is 1. The van der Waals surface area contributed by atoms with Crippen LogP contribution in [0.25, 0.3) is 0 Å². The molecule has 7 heteroatoms. The summed E-state index contributed by atoms with van der Waals surface area (Å²) in [5, 5.41) is 20.1. The van der Waals surface area contributed by atoms with Gasteiger partial charge >= 0.3 is 6.09 Å². The number of fused-ring (bicyclic) bond motifs is 1. The van der Waals surface area contributed by atoms with Crippen molar-refractivity contribution in [2.75, 3.05) is 6.54 Å². The van der Waals surface area contributed by atoms with Gasteiger partial charge in [-0.15, -0.1) is 0 Å². The molecule has 0 aromatic heterocycles. The molecule has 3 rings (SSSR count). The van der Waals surface area contributed by atoms with E-state index in [1.807, 2.05) is 0 Å². The van der Waals surface area contributed by atoms with Crippen molar-refractivity contribution in [3.63, 3.8) is 0 Å². The quantitative estimate of drug-likeness (QED) is 0.737. The maximum absolute atomic E-state index is 13.8. The van der Waals surface area contributed by atoms with Crippen molar-refractivity contribution in [2.45, 2.75) is 12.5 Å². The van der Waals surface area contributed by atoms with Gasteiger partial charge in [0.1, 0.15) is 11.6 Å².